The Labute approximate surface area is 187 Å². The summed E-state index contributed by atoms with van der Waals surface area (Å²) in [6.45, 7) is 1.90. The second-order valence-electron chi connectivity index (χ2n) is 7.93. The predicted molar refractivity (Wildman–Crippen MR) is 119 cm³/mol. The van der Waals surface area contributed by atoms with Crippen LogP contribution in [0.25, 0.3) is 0 Å². The van der Waals surface area contributed by atoms with Gasteiger partial charge in [0.25, 0.3) is 0 Å². The van der Waals surface area contributed by atoms with Gasteiger partial charge in [-0.3, -0.25) is 9.59 Å². The van der Waals surface area contributed by atoms with Crippen molar-refractivity contribution < 1.29 is 28.5 Å². The van der Waals surface area contributed by atoms with Crippen molar-refractivity contribution in [1.29, 1.82) is 0 Å². The SMILES string of the molecule is COc1ccc(CCN(C)C(=O)C2CC(=O)N(c3ccc4c(c3)OCCO4)C2)cc1OC. The van der Waals surface area contributed by atoms with Crippen LogP contribution in [-0.2, 0) is 16.0 Å². The molecule has 2 aromatic rings. The molecule has 4 rings (SSSR count). The molecular weight excluding hydrogens is 412 g/mol. The summed E-state index contributed by atoms with van der Waals surface area (Å²) < 4.78 is 21.8. The highest BCUT2D eigenvalue weighted by atomic mass is 16.6. The molecule has 0 aromatic heterocycles. The van der Waals surface area contributed by atoms with E-state index in [-0.39, 0.29) is 24.2 Å². The molecule has 8 nitrogen and oxygen atoms in total. The number of likely N-dealkylation sites (N-methyl/N-ethyl adjacent to an activating group) is 1. The monoisotopic (exact) mass is 440 g/mol. The Balaban J connectivity index is 1.37. The highest BCUT2D eigenvalue weighted by molar-refractivity contribution is 6.00. The number of fused-ring (bicyclic) bond motifs is 1. The first-order valence-electron chi connectivity index (χ1n) is 10.7. The fourth-order valence-electron chi connectivity index (χ4n) is 4.08. The third-order valence-electron chi connectivity index (χ3n) is 5.87. The maximum absolute atomic E-state index is 13.0. The van der Waals surface area contributed by atoms with Crippen LogP contribution in [0.5, 0.6) is 23.0 Å². The Hall–Kier alpha value is -3.42. The number of amides is 2. The summed E-state index contributed by atoms with van der Waals surface area (Å²) in [6, 6.07) is 11.2. The number of hydrogen-bond acceptors (Lipinski definition) is 6. The van der Waals surface area contributed by atoms with E-state index >= 15 is 0 Å². The maximum Gasteiger partial charge on any atom is 0.227 e. The van der Waals surface area contributed by atoms with Gasteiger partial charge >= 0.3 is 0 Å². The average molecular weight is 440 g/mol. The number of carbonyl (C=O) groups excluding carboxylic acids is 2. The van der Waals surface area contributed by atoms with E-state index in [1.54, 1.807) is 37.1 Å². The summed E-state index contributed by atoms with van der Waals surface area (Å²) >= 11 is 0. The number of carbonyl (C=O) groups is 2. The molecule has 2 amide bonds. The van der Waals surface area contributed by atoms with Crippen LogP contribution < -0.4 is 23.8 Å². The van der Waals surface area contributed by atoms with Crippen LogP contribution in [0.15, 0.2) is 36.4 Å². The Kier molecular flexibility index (Phi) is 6.39. The van der Waals surface area contributed by atoms with Gasteiger partial charge in [0.15, 0.2) is 23.0 Å². The highest BCUT2D eigenvalue weighted by Gasteiger charge is 2.36. The summed E-state index contributed by atoms with van der Waals surface area (Å²) in [5.74, 6) is 2.18. The lowest BCUT2D eigenvalue weighted by Crippen LogP contribution is -2.36. The largest absolute Gasteiger partial charge is 0.493 e. The van der Waals surface area contributed by atoms with Crippen LogP contribution in [0.1, 0.15) is 12.0 Å². The molecule has 2 aliphatic heterocycles. The van der Waals surface area contributed by atoms with E-state index in [2.05, 4.69) is 0 Å². The molecule has 0 aliphatic carbocycles. The third kappa shape index (κ3) is 4.44. The minimum Gasteiger partial charge on any atom is -0.493 e. The summed E-state index contributed by atoms with van der Waals surface area (Å²) in [7, 11) is 4.98. The zero-order valence-corrected chi connectivity index (χ0v) is 18.6. The Morgan fingerprint density at radius 3 is 2.56 bits per heavy atom. The fourth-order valence-corrected chi connectivity index (χ4v) is 4.08. The third-order valence-corrected chi connectivity index (χ3v) is 5.87. The lowest BCUT2D eigenvalue weighted by atomic mass is 10.1. The summed E-state index contributed by atoms with van der Waals surface area (Å²) in [5.41, 5.74) is 1.77. The summed E-state index contributed by atoms with van der Waals surface area (Å²) in [4.78, 5) is 29.0. The lowest BCUT2D eigenvalue weighted by molar-refractivity contribution is -0.134. The van der Waals surface area contributed by atoms with E-state index < -0.39 is 0 Å². The van der Waals surface area contributed by atoms with Crippen molar-refractivity contribution in [3.05, 3.63) is 42.0 Å². The fraction of sp³-hybridized carbons (Fsp3) is 0.417. The van der Waals surface area contributed by atoms with Gasteiger partial charge in [-0.2, -0.15) is 0 Å². The van der Waals surface area contributed by atoms with E-state index in [1.165, 1.54) is 0 Å². The van der Waals surface area contributed by atoms with Gasteiger partial charge < -0.3 is 28.7 Å². The summed E-state index contributed by atoms with van der Waals surface area (Å²) in [6.07, 6.45) is 0.878. The van der Waals surface area contributed by atoms with E-state index in [1.807, 2.05) is 30.3 Å². The lowest BCUT2D eigenvalue weighted by Gasteiger charge is -2.23. The van der Waals surface area contributed by atoms with Crippen molar-refractivity contribution in [3.63, 3.8) is 0 Å². The van der Waals surface area contributed by atoms with Crippen molar-refractivity contribution in [2.45, 2.75) is 12.8 Å². The van der Waals surface area contributed by atoms with Crippen molar-refractivity contribution in [2.75, 3.05) is 52.5 Å². The van der Waals surface area contributed by atoms with Crippen LogP contribution in [0.4, 0.5) is 5.69 Å². The number of benzene rings is 2. The second kappa shape index (κ2) is 9.38. The van der Waals surface area contributed by atoms with Gasteiger partial charge in [0.1, 0.15) is 13.2 Å². The van der Waals surface area contributed by atoms with E-state index in [0.717, 1.165) is 11.3 Å². The van der Waals surface area contributed by atoms with Crippen molar-refractivity contribution in [1.82, 2.24) is 4.90 Å². The zero-order valence-electron chi connectivity index (χ0n) is 18.6. The van der Waals surface area contributed by atoms with Gasteiger partial charge in [0, 0.05) is 38.3 Å². The van der Waals surface area contributed by atoms with Gasteiger partial charge in [-0.1, -0.05) is 6.07 Å². The van der Waals surface area contributed by atoms with Crippen LogP contribution in [0, 0.1) is 5.92 Å². The van der Waals surface area contributed by atoms with Gasteiger partial charge in [-0.25, -0.2) is 0 Å². The van der Waals surface area contributed by atoms with Gasteiger partial charge in [-0.15, -0.1) is 0 Å². The maximum atomic E-state index is 13.0. The number of hydrogen-bond donors (Lipinski definition) is 0. The molecule has 32 heavy (non-hydrogen) atoms. The quantitative estimate of drug-likeness (QED) is 0.659. The zero-order chi connectivity index (χ0) is 22.7. The van der Waals surface area contributed by atoms with Gasteiger partial charge in [0.05, 0.1) is 20.1 Å². The van der Waals surface area contributed by atoms with Crippen LogP contribution in [-0.4, -0.2) is 64.3 Å². The van der Waals surface area contributed by atoms with Gasteiger partial charge in [-0.05, 0) is 36.2 Å². The molecule has 1 fully saturated rings. The number of methoxy groups -OCH3 is 2. The number of rotatable bonds is 7. The number of anilines is 1. The van der Waals surface area contributed by atoms with Crippen LogP contribution >= 0.6 is 0 Å². The molecule has 1 unspecified atom stereocenters. The molecule has 170 valence electrons. The molecule has 0 spiro atoms. The summed E-state index contributed by atoms with van der Waals surface area (Å²) in [5, 5.41) is 0. The molecule has 2 heterocycles. The Morgan fingerprint density at radius 1 is 1.06 bits per heavy atom. The Bertz CT molecular complexity index is 1010. The minimum atomic E-state index is -0.369. The molecule has 1 atom stereocenters. The topological polar surface area (TPSA) is 77.5 Å². The van der Waals surface area contributed by atoms with Crippen molar-refractivity contribution in [2.24, 2.45) is 5.92 Å². The molecular formula is C24H28N2O6. The molecule has 2 aromatic carbocycles. The minimum absolute atomic E-state index is 0.0288. The molecule has 0 saturated carbocycles. The van der Waals surface area contributed by atoms with E-state index in [0.29, 0.717) is 55.7 Å². The molecule has 8 heteroatoms. The van der Waals surface area contributed by atoms with Crippen molar-refractivity contribution >= 4 is 17.5 Å². The number of ether oxygens (including phenoxy) is 4. The predicted octanol–water partition coefficient (Wildman–Crippen LogP) is 2.53. The first-order valence-corrected chi connectivity index (χ1v) is 10.7. The molecule has 0 bridgehead atoms. The second-order valence-corrected chi connectivity index (χ2v) is 7.93. The molecule has 1 saturated heterocycles. The Morgan fingerprint density at radius 2 is 1.81 bits per heavy atom. The standard InChI is InChI=1S/C24H28N2O6/c1-25(9-8-16-4-6-19(29-2)21(12-16)30-3)24(28)17-13-23(27)26(15-17)18-5-7-20-22(14-18)32-11-10-31-20/h4-7,12,14,17H,8-11,13,15H2,1-3H3. The van der Waals surface area contributed by atoms with Gasteiger partial charge in [0.2, 0.25) is 11.8 Å². The van der Waals surface area contributed by atoms with Crippen LogP contribution in [0.2, 0.25) is 0 Å². The number of nitrogens with zero attached hydrogens (tertiary/aromatic N) is 2. The first-order chi connectivity index (χ1) is 15.5. The molecule has 2 aliphatic rings. The van der Waals surface area contributed by atoms with E-state index in [9.17, 15) is 9.59 Å². The smallest absolute Gasteiger partial charge is 0.227 e. The highest BCUT2D eigenvalue weighted by Crippen LogP contribution is 2.36. The average Bonchev–Trinajstić information content (AvgIpc) is 3.22. The first kappa shape index (κ1) is 21.8. The normalized spacial score (nSPS) is 17.3. The van der Waals surface area contributed by atoms with Crippen molar-refractivity contribution in [3.8, 4) is 23.0 Å². The van der Waals surface area contributed by atoms with E-state index in [4.69, 9.17) is 18.9 Å². The van der Waals surface area contributed by atoms with Crippen LogP contribution in [0.3, 0.4) is 0 Å². The molecule has 0 N–H and O–H groups in total. The molecule has 0 radical (unpaired) electrons.